The van der Waals surface area contributed by atoms with Gasteiger partial charge in [-0.05, 0) is 48.7 Å². The van der Waals surface area contributed by atoms with E-state index >= 15 is 0 Å². The van der Waals surface area contributed by atoms with Crippen molar-refractivity contribution in [1.82, 2.24) is 16.0 Å². The predicted molar refractivity (Wildman–Crippen MR) is 114 cm³/mol. The van der Waals surface area contributed by atoms with Crippen LogP contribution in [0.15, 0.2) is 58.4 Å². The standard InChI is InChI=1S/C20H27N5O3S/c1-3-23-20(25-14-16-7-9-18(10-8-16)29(21,27)28)24-12-11-15-5-4-6-17(13-15)19(26)22-2/h4-10,13H,3,11-12,14H2,1-2H3,(H,22,26)(H2,21,27,28)(H2,23,24,25). The number of nitrogens with zero attached hydrogens (tertiary/aromatic N) is 1. The largest absolute Gasteiger partial charge is 0.357 e. The highest BCUT2D eigenvalue weighted by atomic mass is 32.2. The van der Waals surface area contributed by atoms with E-state index in [-0.39, 0.29) is 10.8 Å². The zero-order chi connectivity index (χ0) is 21.3. The summed E-state index contributed by atoms with van der Waals surface area (Å²) < 4.78 is 22.6. The van der Waals surface area contributed by atoms with E-state index in [1.807, 2.05) is 25.1 Å². The first-order valence-corrected chi connectivity index (χ1v) is 10.8. The third-order valence-corrected chi connectivity index (χ3v) is 5.07. The summed E-state index contributed by atoms with van der Waals surface area (Å²) in [7, 11) is -2.08. The molecule has 8 nitrogen and oxygen atoms in total. The van der Waals surface area contributed by atoms with Crippen molar-refractivity contribution in [3.63, 3.8) is 0 Å². The molecule has 0 unspecified atom stereocenters. The maximum absolute atomic E-state index is 11.7. The summed E-state index contributed by atoms with van der Waals surface area (Å²) in [6.45, 7) is 3.73. The number of carbonyl (C=O) groups excluding carboxylic acids is 1. The maximum atomic E-state index is 11.7. The minimum absolute atomic E-state index is 0.0780. The molecule has 0 heterocycles. The topological polar surface area (TPSA) is 126 Å². The SMILES string of the molecule is CCNC(=NCc1ccc(S(N)(=O)=O)cc1)NCCc1cccc(C(=O)NC)c1. The molecule has 0 spiro atoms. The summed E-state index contributed by atoms with van der Waals surface area (Å²) in [5.74, 6) is 0.550. The highest BCUT2D eigenvalue weighted by molar-refractivity contribution is 7.89. The lowest BCUT2D eigenvalue weighted by atomic mass is 10.1. The Morgan fingerprint density at radius 1 is 1.07 bits per heavy atom. The zero-order valence-corrected chi connectivity index (χ0v) is 17.4. The van der Waals surface area contributed by atoms with Crippen molar-refractivity contribution in [2.24, 2.45) is 10.1 Å². The second-order valence-electron chi connectivity index (χ2n) is 6.34. The van der Waals surface area contributed by atoms with Crippen molar-refractivity contribution in [3.8, 4) is 0 Å². The first-order chi connectivity index (χ1) is 13.8. The van der Waals surface area contributed by atoms with Gasteiger partial charge in [0.2, 0.25) is 10.0 Å². The third-order valence-electron chi connectivity index (χ3n) is 4.14. The number of amides is 1. The van der Waals surface area contributed by atoms with Gasteiger partial charge in [0.15, 0.2) is 5.96 Å². The van der Waals surface area contributed by atoms with Crippen LogP contribution in [0, 0.1) is 0 Å². The molecule has 2 rings (SSSR count). The molecule has 29 heavy (non-hydrogen) atoms. The highest BCUT2D eigenvalue weighted by Gasteiger charge is 2.07. The first kappa shape index (κ1) is 22.4. The number of sulfonamides is 1. The molecule has 0 aliphatic rings. The van der Waals surface area contributed by atoms with E-state index in [1.165, 1.54) is 12.1 Å². The summed E-state index contributed by atoms with van der Waals surface area (Å²) in [6.07, 6.45) is 0.734. The van der Waals surface area contributed by atoms with Crippen molar-refractivity contribution in [3.05, 3.63) is 65.2 Å². The maximum Gasteiger partial charge on any atom is 0.251 e. The summed E-state index contributed by atoms with van der Waals surface area (Å²) in [5, 5.41) is 14.2. The molecule has 0 saturated heterocycles. The van der Waals surface area contributed by atoms with Gasteiger partial charge in [0.25, 0.3) is 5.91 Å². The lowest BCUT2D eigenvalue weighted by Crippen LogP contribution is -2.38. The minimum Gasteiger partial charge on any atom is -0.357 e. The van der Waals surface area contributed by atoms with Crippen molar-refractivity contribution in [2.75, 3.05) is 20.1 Å². The molecule has 0 atom stereocenters. The Balaban J connectivity index is 1.95. The summed E-state index contributed by atoms with van der Waals surface area (Å²) in [4.78, 5) is 16.3. The molecule has 0 radical (unpaired) electrons. The van der Waals surface area contributed by atoms with Gasteiger partial charge in [0, 0.05) is 25.7 Å². The predicted octanol–water partition coefficient (Wildman–Crippen LogP) is 0.991. The van der Waals surface area contributed by atoms with Crippen molar-refractivity contribution < 1.29 is 13.2 Å². The van der Waals surface area contributed by atoms with Crippen LogP contribution in [-0.2, 0) is 23.0 Å². The molecule has 0 aliphatic carbocycles. The van der Waals surface area contributed by atoms with Gasteiger partial charge in [-0.2, -0.15) is 0 Å². The van der Waals surface area contributed by atoms with Gasteiger partial charge in [-0.25, -0.2) is 18.5 Å². The van der Waals surface area contributed by atoms with Gasteiger partial charge < -0.3 is 16.0 Å². The van der Waals surface area contributed by atoms with Crippen LogP contribution in [0.5, 0.6) is 0 Å². The van der Waals surface area contributed by atoms with Gasteiger partial charge in [0.05, 0.1) is 11.4 Å². The van der Waals surface area contributed by atoms with Crippen LogP contribution in [0.4, 0.5) is 0 Å². The van der Waals surface area contributed by atoms with Crippen LogP contribution >= 0.6 is 0 Å². The molecule has 5 N–H and O–H groups in total. The lowest BCUT2D eigenvalue weighted by molar-refractivity contribution is 0.0963. The van der Waals surface area contributed by atoms with Crippen LogP contribution in [-0.4, -0.2) is 40.4 Å². The average Bonchev–Trinajstić information content (AvgIpc) is 2.71. The Kier molecular flexibility index (Phi) is 8.17. The van der Waals surface area contributed by atoms with Gasteiger partial charge in [-0.1, -0.05) is 24.3 Å². The van der Waals surface area contributed by atoms with E-state index < -0.39 is 10.0 Å². The number of hydrogen-bond acceptors (Lipinski definition) is 4. The van der Waals surface area contributed by atoms with E-state index in [0.29, 0.717) is 31.2 Å². The highest BCUT2D eigenvalue weighted by Crippen LogP contribution is 2.09. The number of nitrogens with one attached hydrogen (secondary N) is 3. The smallest absolute Gasteiger partial charge is 0.251 e. The van der Waals surface area contributed by atoms with Crippen LogP contribution in [0.2, 0.25) is 0 Å². The second-order valence-corrected chi connectivity index (χ2v) is 7.90. The zero-order valence-electron chi connectivity index (χ0n) is 16.6. The minimum atomic E-state index is -3.69. The van der Waals surface area contributed by atoms with Gasteiger partial charge in [-0.3, -0.25) is 4.79 Å². The Hall–Kier alpha value is -2.91. The Labute approximate surface area is 171 Å². The Bertz CT molecular complexity index is 956. The molecular weight excluding hydrogens is 390 g/mol. The van der Waals surface area contributed by atoms with Crippen LogP contribution in [0.3, 0.4) is 0 Å². The van der Waals surface area contributed by atoms with Crippen LogP contribution in [0.25, 0.3) is 0 Å². The third kappa shape index (κ3) is 7.20. The van der Waals surface area contributed by atoms with E-state index in [4.69, 9.17) is 5.14 Å². The number of hydrogen-bond donors (Lipinski definition) is 4. The molecule has 2 aromatic rings. The number of aliphatic imine (C=N–C) groups is 1. The quantitative estimate of drug-likeness (QED) is 0.376. The van der Waals surface area contributed by atoms with Crippen LogP contribution in [0.1, 0.15) is 28.4 Å². The van der Waals surface area contributed by atoms with E-state index in [2.05, 4.69) is 20.9 Å². The normalized spacial score (nSPS) is 11.8. The number of guanidine groups is 1. The first-order valence-electron chi connectivity index (χ1n) is 9.28. The van der Waals surface area contributed by atoms with Crippen molar-refractivity contribution >= 4 is 21.9 Å². The molecule has 9 heteroatoms. The molecule has 1 amide bonds. The van der Waals surface area contributed by atoms with E-state index in [0.717, 1.165) is 17.5 Å². The van der Waals surface area contributed by atoms with Gasteiger partial charge >= 0.3 is 0 Å². The average molecular weight is 418 g/mol. The fraction of sp³-hybridized carbons (Fsp3) is 0.300. The van der Waals surface area contributed by atoms with Crippen LogP contribution < -0.4 is 21.1 Å². The summed E-state index contributed by atoms with van der Waals surface area (Å²) in [5.41, 5.74) is 2.55. The lowest BCUT2D eigenvalue weighted by Gasteiger charge is -2.12. The fourth-order valence-electron chi connectivity index (χ4n) is 2.63. The van der Waals surface area contributed by atoms with E-state index in [9.17, 15) is 13.2 Å². The Morgan fingerprint density at radius 3 is 2.41 bits per heavy atom. The van der Waals surface area contributed by atoms with Crippen molar-refractivity contribution in [2.45, 2.75) is 24.8 Å². The molecular formula is C20H27N5O3S. The molecule has 0 aromatic heterocycles. The second kappa shape index (κ2) is 10.6. The van der Waals surface area contributed by atoms with Gasteiger partial charge in [-0.15, -0.1) is 0 Å². The molecule has 156 valence electrons. The number of benzene rings is 2. The molecule has 0 saturated carbocycles. The summed E-state index contributed by atoms with van der Waals surface area (Å²) in [6, 6.07) is 13.8. The van der Waals surface area contributed by atoms with E-state index in [1.54, 1.807) is 25.2 Å². The fourth-order valence-corrected chi connectivity index (χ4v) is 3.15. The molecule has 2 aromatic carbocycles. The Morgan fingerprint density at radius 2 is 1.79 bits per heavy atom. The number of carbonyl (C=O) groups is 1. The molecule has 0 fully saturated rings. The number of nitrogens with two attached hydrogens (primary N) is 1. The number of primary sulfonamides is 1. The van der Waals surface area contributed by atoms with Gasteiger partial charge in [0.1, 0.15) is 0 Å². The number of rotatable bonds is 8. The van der Waals surface area contributed by atoms with Crippen molar-refractivity contribution in [1.29, 1.82) is 0 Å². The molecule has 0 aliphatic heterocycles. The summed E-state index contributed by atoms with van der Waals surface area (Å²) >= 11 is 0. The molecule has 0 bridgehead atoms. The monoisotopic (exact) mass is 417 g/mol.